The summed E-state index contributed by atoms with van der Waals surface area (Å²) in [5.74, 6) is -1.73. The fourth-order valence-electron chi connectivity index (χ4n) is 1.96. The van der Waals surface area contributed by atoms with E-state index in [0.717, 1.165) is 5.92 Å². The predicted octanol–water partition coefficient (Wildman–Crippen LogP) is 0.489. The van der Waals surface area contributed by atoms with Crippen molar-refractivity contribution in [3.05, 3.63) is 0 Å². The number of rotatable bonds is 12. The van der Waals surface area contributed by atoms with E-state index in [1.807, 2.05) is 0 Å². The Hall–Kier alpha value is -2.49. The molecule has 0 saturated carbocycles. The van der Waals surface area contributed by atoms with Gasteiger partial charge in [0, 0.05) is 18.0 Å². The zero-order chi connectivity index (χ0) is 25.9. The van der Waals surface area contributed by atoms with Gasteiger partial charge in [-0.05, 0) is 5.92 Å². The molecule has 0 rings (SSSR count). The number of ketones is 1. The lowest BCUT2D eigenvalue weighted by Crippen LogP contribution is -2.51. The largest absolute Gasteiger partial charge is 0.370 e. The summed E-state index contributed by atoms with van der Waals surface area (Å²) in [7, 11) is 0. The van der Waals surface area contributed by atoms with Gasteiger partial charge in [-0.2, -0.15) is 0 Å². The summed E-state index contributed by atoms with van der Waals surface area (Å²) in [4.78, 5) is 55.6. The molecule has 0 aliphatic heterocycles. The van der Waals surface area contributed by atoms with E-state index >= 15 is 0 Å². The number of carbonyl (C=O) groups excluding carboxylic acids is 5. The van der Waals surface area contributed by atoms with Gasteiger partial charge in [0.25, 0.3) is 0 Å². The Balaban J connectivity index is -0.000000628. The van der Waals surface area contributed by atoms with Crippen LogP contribution in [0.1, 0.15) is 68.7 Å². The van der Waals surface area contributed by atoms with Gasteiger partial charge in [-0.25, -0.2) is 0 Å². The number of hydrogen-bond donors (Lipinski definition) is 5. The van der Waals surface area contributed by atoms with Crippen molar-refractivity contribution in [3.63, 3.8) is 0 Å². The van der Waals surface area contributed by atoms with E-state index in [2.05, 4.69) is 69.7 Å². The molecule has 6 N–H and O–H groups in total. The van der Waals surface area contributed by atoms with E-state index in [1.165, 1.54) is 0 Å². The van der Waals surface area contributed by atoms with Crippen LogP contribution in [-0.4, -0.2) is 61.1 Å². The van der Waals surface area contributed by atoms with Crippen LogP contribution in [0.5, 0.6) is 0 Å². The predicted molar refractivity (Wildman–Crippen MR) is 127 cm³/mol. The molecule has 0 saturated heterocycles. The number of nitrogens with one attached hydrogen (secondary N) is 4. The minimum absolute atomic E-state index is 0.185. The van der Waals surface area contributed by atoms with Crippen molar-refractivity contribution in [1.82, 2.24) is 21.3 Å². The summed E-state index contributed by atoms with van der Waals surface area (Å²) in [6.07, 6.45) is -0.0847. The molecular weight excluding hydrogens is 414 g/mol. The summed E-state index contributed by atoms with van der Waals surface area (Å²) < 4.78 is 0. The van der Waals surface area contributed by atoms with E-state index in [-0.39, 0.29) is 24.8 Å². The maximum absolute atomic E-state index is 11.8. The Morgan fingerprint density at radius 1 is 0.844 bits per heavy atom. The van der Waals surface area contributed by atoms with Crippen molar-refractivity contribution in [3.8, 4) is 0 Å². The molecule has 10 nitrogen and oxygen atoms in total. The molecule has 0 fully saturated rings. The summed E-state index contributed by atoms with van der Waals surface area (Å²) in [6.45, 7) is 17.9. The molecule has 0 heterocycles. The summed E-state index contributed by atoms with van der Waals surface area (Å²) in [6, 6.07) is 0.0587. The highest BCUT2D eigenvalue weighted by Gasteiger charge is 2.23. The van der Waals surface area contributed by atoms with Crippen LogP contribution in [0.15, 0.2) is 0 Å². The average molecular weight is 460 g/mol. The van der Waals surface area contributed by atoms with Crippen molar-refractivity contribution < 1.29 is 24.0 Å². The molecule has 0 aromatic carbocycles. The molecule has 188 valence electrons. The number of primary amides is 1. The second-order valence-corrected chi connectivity index (χ2v) is 8.84. The number of nitrogens with two attached hydrogens (primary N) is 1. The van der Waals surface area contributed by atoms with E-state index < -0.39 is 30.2 Å². The number of hydrogen-bond acceptors (Lipinski definition) is 6. The van der Waals surface area contributed by atoms with Gasteiger partial charge in [0.1, 0.15) is 6.04 Å². The Bertz CT molecular complexity index is 554. The van der Waals surface area contributed by atoms with Gasteiger partial charge >= 0.3 is 0 Å². The normalized spacial score (nSPS) is 11.0. The molecule has 0 aliphatic carbocycles. The molecular formula is C22H45N5O5. The van der Waals surface area contributed by atoms with Crippen LogP contribution in [0, 0.1) is 11.8 Å². The summed E-state index contributed by atoms with van der Waals surface area (Å²) in [5.41, 5.74) is 5.00. The molecule has 4 amide bonds. The fraction of sp³-hybridized carbons (Fsp3) is 0.773. The van der Waals surface area contributed by atoms with Crippen LogP contribution in [0.25, 0.3) is 0 Å². The number of carbonyl (C=O) groups is 5. The van der Waals surface area contributed by atoms with Gasteiger partial charge in [0.2, 0.25) is 24.1 Å². The molecule has 32 heavy (non-hydrogen) atoms. The Morgan fingerprint density at radius 3 is 1.62 bits per heavy atom. The highest BCUT2D eigenvalue weighted by atomic mass is 16.2. The summed E-state index contributed by atoms with van der Waals surface area (Å²) >= 11 is 0. The zero-order valence-corrected chi connectivity index (χ0v) is 21.2. The Kier molecular flexibility index (Phi) is 21.8. The van der Waals surface area contributed by atoms with Gasteiger partial charge in [0.15, 0.2) is 5.78 Å². The van der Waals surface area contributed by atoms with Crippen LogP contribution in [0.2, 0.25) is 0 Å². The first kappa shape index (κ1) is 34.1. The third-order valence-electron chi connectivity index (χ3n) is 3.15. The number of Topliss-reactive ketones (excluding diaryl/α,β-unsaturated/α-hetero) is 1. The van der Waals surface area contributed by atoms with Gasteiger partial charge in [-0.15, -0.1) is 0 Å². The lowest BCUT2D eigenvalue weighted by atomic mass is 10.1. The van der Waals surface area contributed by atoms with E-state index in [9.17, 15) is 24.0 Å². The minimum atomic E-state index is -1.19. The van der Waals surface area contributed by atoms with Gasteiger partial charge in [-0.1, -0.05) is 62.3 Å². The Morgan fingerprint density at radius 2 is 1.31 bits per heavy atom. The molecule has 0 aromatic heterocycles. The quantitative estimate of drug-likeness (QED) is 0.267. The first-order valence-electron chi connectivity index (χ1n) is 10.9. The van der Waals surface area contributed by atoms with Crippen molar-refractivity contribution >= 4 is 29.9 Å². The monoisotopic (exact) mass is 459 g/mol. The van der Waals surface area contributed by atoms with Crippen LogP contribution >= 0.6 is 0 Å². The first-order chi connectivity index (χ1) is 14.6. The zero-order valence-electron chi connectivity index (χ0n) is 21.2. The maximum Gasteiger partial charge on any atom is 0.243 e. The number of amides is 4. The summed E-state index contributed by atoms with van der Waals surface area (Å²) in [5, 5.41) is 10.0. The lowest BCUT2D eigenvalue weighted by molar-refractivity contribution is -0.132. The smallest absolute Gasteiger partial charge is 0.243 e. The van der Waals surface area contributed by atoms with Crippen LogP contribution < -0.4 is 27.0 Å². The van der Waals surface area contributed by atoms with Crippen LogP contribution in [0.4, 0.5) is 0 Å². The third kappa shape index (κ3) is 27.5. The Labute approximate surface area is 193 Å². The maximum atomic E-state index is 11.8. The molecule has 0 bridgehead atoms. The van der Waals surface area contributed by atoms with Crippen LogP contribution in [-0.2, 0) is 24.0 Å². The topological polar surface area (TPSA) is 159 Å². The van der Waals surface area contributed by atoms with Gasteiger partial charge in [-0.3, -0.25) is 24.0 Å². The second kappa shape index (κ2) is 20.4. The average Bonchev–Trinajstić information content (AvgIpc) is 2.61. The molecule has 0 aromatic rings. The second-order valence-electron chi connectivity index (χ2n) is 8.84. The molecule has 10 heteroatoms. The van der Waals surface area contributed by atoms with Crippen molar-refractivity contribution in [2.75, 3.05) is 13.1 Å². The molecule has 0 aliphatic rings. The van der Waals surface area contributed by atoms with Crippen molar-refractivity contribution in [1.29, 1.82) is 0 Å². The van der Waals surface area contributed by atoms with E-state index in [4.69, 9.17) is 5.73 Å². The first-order valence-corrected chi connectivity index (χ1v) is 10.9. The van der Waals surface area contributed by atoms with Crippen molar-refractivity contribution in [2.24, 2.45) is 17.6 Å². The van der Waals surface area contributed by atoms with Gasteiger partial charge in [0.05, 0.1) is 19.5 Å². The SMILES string of the molecule is CC(C)C.CC(C)C(=O)CNC(=O)C(CC(N)=O)NC(=O)CNC=O.CC(C)NC(C)C. The van der Waals surface area contributed by atoms with Crippen LogP contribution in [0.3, 0.4) is 0 Å². The molecule has 1 atom stereocenters. The molecule has 0 radical (unpaired) electrons. The lowest BCUT2D eigenvalue weighted by Gasteiger charge is -2.17. The van der Waals surface area contributed by atoms with E-state index in [0.29, 0.717) is 18.5 Å². The third-order valence-corrected chi connectivity index (χ3v) is 3.15. The van der Waals surface area contributed by atoms with E-state index in [1.54, 1.807) is 13.8 Å². The highest BCUT2D eigenvalue weighted by Crippen LogP contribution is 1.95. The van der Waals surface area contributed by atoms with Crippen molar-refractivity contribution in [2.45, 2.75) is 86.9 Å². The minimum Gasteiger partial charge on any atom is -0.370 e. The fourth-order valence-corrected chi connectivity index (χ4v) is 1.96. The van der Waals surface area contributed by atoms with Gasteiger partial charge < -0.3 is 27.0 Å². The highest BCUT2D eigenvalue weighted by molar-refractivity contribution is 5.94. The molecule has 1 unspecified atom stereocenters. The standard InChI is InChI=1S/C12H20N4O5.C6H15N.C4H10/c1-7(2)9(18)4-15-12(21)8(3-10(13)19)16-11(20)5-14-6-17;1-5(2)7-6(3)4;1-4(2)3/h6-8H,3-5H2,1-2H3,(H2,13,19)(H,14,17)(H,15,21)(H,16,20);5-7H,1-4H3;4H,1-3H3. The molecule has 0 spiro atoms.